The van der Waals surface area contributed by atoms with Gasteiger partial charge in [-0.3, -0.25) is 4.79 Å². The number of carbonyl (C=O) groups excluding carboxylic acids is 1. The molecule has 2 nitrogen and oxygen atoms in total. The Bertz CT molecular complexity index is 371. The van der Waals surface area contributed by atoms with Gasteiger partial charge in [0.15, 0.2) is 0 Å². The van der Waals surface area contributed by atoms with E-state index in [1.807, 2.05) is 0 Å². The van der Waals surface area contributed by atoms with Gasteiger partial charge in [-0.1, -0.05) is 64.0 Å². The lowest BCUT2D eigenvalue weighted by molar-refractivity contribution is -0.146. The number of ether oxygens (including phenoxy) is 1. The minimum Gasteiger partial charge on any atom is -0.469 e. The van der Waals surface area contributed by atoms with E-state index in [1.165, 1.54) is 64.9 Å². The minimum atomic E-state index is -0.00744. The molecule has 0 aromatic heterocycles. The van der Waals surface area contributed by atoms with Crippen LogP contribution in [0.2, 0.25) is 0 Å². The second-order valence-electron chi connectivity index (χ2n) is 8.17. The quantitative estimate of drug-likeness (QED) is 0.384. The van der Waals surface area contributed by atoms with Crippen molar-refractivity contribution in [1.82, 2.24) is 0 Å². The summed E-state index contributed by atoms with van der Waals surface area (Å²) in [5.74, 6) is 2.84. The standard InChI is InChI=1S/C22H38O2/c1-3-4-7-18-10-12-19(13-11-18)8-5-6-9-20-14-16-21(17-15-20)22(23)24-2/h6,9,18-21H,3-5,7-8,10-17H2,1-2H3/b9-6+. The van der Waals surface area contributed by atoms with Crippen molar-refractivity contribution in [3.63, 3.8) is 0 Å². The normalized spacial score (nSPS) is 31.2. The number of carbonyl (C=O) groups is 1. The summed E-state index contributed by atoms with van der Waals surface area (Å²) in [6.45, 7) is 2.31. The first-order valence-electron chi connectivity index (χ1n) is 10.5. The predicted octanol–water partition coefficient (Wildman–Crippen LogP) is 6.30. The molecule has 2 aliphatic carbocycles. The average molecular weight is 335 g/mol. The number of allylic oxidation sites excluding steroid dienone is 2. The highest BCUT2D eigenvalue weighted by Crippen LogP contribution is 2.34. The molecule has 2 fully saturated rings. The highest BCUT2D eigenvalue weighted by atomic mass is 16.5. The number of hydrogen-bond acceptors (Lipinski definition) is 2. The summed E-state index contributed by atoms with van der Waals surface area (Å²) in [7, 11) is 1.51. The lowest BCUT2D eigenvalue weighted by Crippen LogP contribution is -2.22. The molecular formula is C22H38O2. The molecule has 0 radical (unpaired) electrons. The first-order chi connectivity index (χ1) is 11.7. The molecule has 0 N–H and O–H groups in total. The van der Waals surface area contributed by atoms with E-state index in [9.17, 15) is 4.79 Å². The van der Waals surface area contributed by atoms with Crippen LogP contribution in [0.5, 0.6) is 0 Å². The Balaban J connectivity index is 1.55. The Hall–Kier alpha value is -0.790. The molecule has 138 valence electrons. The van der Waals surface area contributed by atoms with Crippen molar-refractivity contribution in [2.45, 2.75) is 90.4 Å². The fourth-order valence-corrected chi connectivity index (χ4v) is 4.64. The molecule has 0 unspecified atom stereocenters. The highest BCUT2D eigenvalue weighted by Gasteiger charge is 2.25. The Morgan fingerprint density at radius 2 is 1.58 bits per heavy atom. The Morgan fingerprint density at radius 3 is 2.17 bits per heavy atom. The van der Waals surface area contributed by atoms with Crippen LogP contribution in [0.15, 0.2) is 12.2 Å². The fourth-order valence-electron chi connectivity index (χ4n) is 4.64. The maximum atomic E-state index is 11.5. The minimum absolute atomic E-state index is 0.00744. The van der Waals surface area contributed by atoms with Crippen LogP contribution in [0.4, 0.5) is 0 Å². The van der Waals surface area contributed by atoms with Crippen molar-refractivity contribution in [1.29, 1.82) is 0 Å². The Kier molecular flexibility index (Phi) is 8.91. The van der Waals surface area contributed by atoms with Crippen molar-refractivity contribution in [2.75, 3.05) is 7.11 Å². The smallest absolute Gasteiger partial charge is 0.308 e. The molecule has 2 heteroatoms. The van der Waals surface area contributed by atoms with Gasteiger partial charge in [0.2, 0.25) is 0 Å². The van der Waals surface area contributed by atoms with Crippen LogP contribution < -0.4 is 0 Å². The molecule has 2 aliphatic rings. The van der Waals surface area contributed by atoms with E-state index >= 15 is 0 Å². The third-order valence-corrected chi connectivity index (χ3v) is 6.39. The van der Waals surface area contributed by atoms with Gasteiger partial charge >= 0.3 is 5.97 Å². The number of methoxy groups -OCH3 is 1. The van der Waals surface area contributed by atoms with Gasteiger partial charge in [-0.15, -0.1) is 0 Å². The van der Waals surface area contributed by atoms with Crippen LogP contribution in [0.25, 0.3) is 0 Å². The SMILES string of the molecule is CCCCC1CCC(CC/C=C/C2CCC(C(=O)OC)CC2)CC1. The molecule has 2 rings (SSSR count). The van der Waals surface area contributed by atoms with Gasteiger partial charge in [-0.05, 0) is 56.3 Å². The third kappa shape index (κ3) is 6.61. The first kappa shape index (κ1) is 19.5. The molecule has 0 amide bonds. The molecular weight excluding hydrogens is 296 g/mol. The zero-order chi connectivity index (χ0) is 17.2. The summed E-state index contributed by atoms with van der Waals surface area (Å²) in [6.07, 6.45) is 21.9. The van der Waals surface area contributed by atoms with Gasteiger partial charge in [-0.25, -0.2) is 0 Å². The van der Waals surface area contributed by atoms with Crippen molar-refractivity contribution in [3.05, 3.63) is 12.2 Å². The fraction of sp³-hybridized carbons (Fsp3) is 0.864. The van der Waals surface area contributed by atoms with Gasteiger partial charge in [0, 0.05) is 0 Å². The highest BCUT2D eigenvalue weighted by molar-refractivity contribution is 5.72. The maximum Gasteiger partial charge on any atom is 0.308 e. The summed E-state index contributed by atoms with van der Waals surface area (Å²) in [5.41, 5.74) is 0. The van der Waals surface area contributed by atoms with Crippen LogP contribution in [-0.4, -0.2) is 13.1 Å². The van der Waals surface area contributed by atoms with E-state index in [4.69, 9.17) is 4.74 Å². The third-order valence-electron chi connectivity index (χ3n) is 6.39. The Labute approximate surface area is 149 Å². The zero-order valence-electron chi connectivity index (χ0n) is 16.0. The molecule has 24 heavy (non-hydrogen) atoms. The molecule has 0 heterocycles. The van der Waals surface area contributed by atoms with Crippen LogP contribution in [0.1, 0.15) is 90.4 Å². The second kappa shape index (κ2) is 10.9. The maximum absolute atomic E-state index is 11.5. The van der Waals surface area contributed by atoms with Crippen molar-refractivity contribution in [2.24, 2.45) is 23.7 Å². The summed E-state index contributed by atoms with van der Waals surface area (Å²) < 4.78 is 4.86. The molecule has 0 saturated heterocycles. The number of unbranched alkanes of at least 4 members (excludes halogenated alkanes) is 1. The monoisotopic (exact) mass is 334 g/mol. The molecule has 2 saturated carbocycles. The molecule has 0 spiro atoms. The number of esters is 1. The van der Waals surface area contributed by atoms with Gasteiger partial charge in [0.25, 0.3) is 0 Å². The van der Waals surface area contributed by atoms with E-state index < -0.39 is 0 Å². The van der Waals surface area contributed by atoms with E-state index in [0.717, 1.165) is 37.5 Å². The van der Waals surface area contributed by atoms with E-state index in [0.29, 0.717) is 5.92 Å². The molecule has 0 bridgehead atoms. The topological polar surface area (TPSA) is 26.3 Å². The van der Waals surface area contributed by atoms with E-state index in [1.54, 1.807) is 0 Å². The van der Waals surface area contributed by atoms with Gasteiger partial charge < -0.3 is 4.74 Å². The molecule has 0 aliphatic heterocycles. The lowest BCUT2D eigenvalue weighted by Gasteiger charge is -2.28. The van der Waals surface area contributed by atoms with Crippen molar-refractivity contribution >= 4 is 5.97 Å². The average Bonchev–Trinajstić information content (AvgIpc) is 2.64. The predicted molar refractivity (Wildman–Crippen MR) is 101 cm³/mol. The number of rotatable bonds is 8. The summed E-state index contributed by atoms with van der Waals surface area (Å²) in [6, 6.07) is 0. The number of hydrogen-bond donors (Lipinski definition) is 0. The van der Waals surface area contributed by atoms with Crippen LogP contribution >= 0.6 is 0 Å². The first-order valence-corrected chi connectivity index (χ1v) is 10.5. The van der Waals surface area contributed by atoms with Gasteiger partial charge in [0.05, 0.1) is 13.0 Å². The zero-order valence-corrected chi connectivity index (χ0v) is 16.0. The summed E-state index contributed by atoms with van der Waals surface area (Å²) in [4.78, 5) is 11.5. The molecule has 0 aromatic rings. The summed E-state index contributed by atoms with van der Waals surface area (Å²) >= 11 is 0. The molecule has 0 atom stereocenters. The van der Waals surface area contributed by atoms with E-state index in [-0.39, 0.29) is 11.9 Å². The lowest BCUT2D eigenvalue weighted by atomic mass is 9.78. The van der Waals surface area contributed by atoms with Crippen LogP contribution in [-0.2, 0) is 9.53 Å². The van der Waals surface area contributed by atoms with Gasteiger partial charge in [-0.2, -0.15) is 0 Å². The molecule has 0 aromatic carbocycles. The van der Waals surface area contributed by atoms with Crippen molar-refractivity contribution < 1.29 is 9.53 Å². The Morgan fingerprint density at radius 1 is 0.958 bits per heavy atom. The van der Waals surface area contributed by atoms with E-state index in [2.05, 4.69) is 19.1 Å². The van der Waals surface area contributed by atoms with Crippen molar-refractivity contribution in [3.8, 4) is 0 Å². The van der Waals surface area contributed by atoms with Crippen LogP contribution in [0.3, 0.4) is 0 Å². The van der Waals surface area contributed by atoms with Crippen LogP contribution in [0, 0.1) is 23.7 Å². The largest absolute Gasteiger partial charge is 0.469 e. The summed E-state index contributed by atoms with van der Waals surface area (Å²) in [5, 5.41) is 0. The van der Waals surface area contributed by atoms with Gasteiger partial charge in [0.1, 0.15) is 0 Å². The second-order valence-corrected chi connectivity index (χ2v) is 8.17.